The lowest BCUT2D eigenvalue weighted by Crippen LogP contribution is -2.60. The fourth-order valence-corrected chi connectivity index (χ4v) is 6.91. The van der Waals surface area contributed by atoms with Crippen molar-refractivity contribution >= 4 is 17.9 Å². The fraction of sp³-hybridized carbons (Fsp3) is 0.763. The number of carbonyl (C=O) groups excluding carboxylic acids is 3. The quantitative estimate of drug-likeness (QED) is 0.237. The fourth-order valence-electron chi connectivity index (χ4n) is 6.91. The number of benzene rings is 1. The summed E-state index contributed by atoms with van der Waals surface area (Å²) in [6, 6.07) is 3.91. The standard InChI is InChI=1S/C38H61N3O8/c1-24(2)17-27(18-25(3)4)39-35(43)30-22-40(37(45)49-38(5,6)7)23-31(34(30)42)36(44)41(28-12-13-28)21-26-19-32-29(11-9-15-47-32)33(20-26)48-16-10-14-46-8/h19-20,24-25,27-28,30-31,34,42H,9-18,21-23H2,1-8H3,(H,39,43)/t30?,31-,34+/m0/s1. The number of nitrogens with one attached hydrogen (secondary N) is 1. The van der Waals surface area contributed by atoms with Gasteiger partial charge in [0.25, 0.3) is 0 Å². The first kappa shape index (κ1) is 38.7. The van der Waals surface area contributed by atoms with Gasteiger partial charge < -0.3 is 39.2 Å². The zero-order valence-electron chi connectivity index (χ0n) is 31.1. The van der Waals surface area contributed by atoms with Gasteiger partial charge in [-0.3, -0.25) is 9.59 Å². The van der Waals surface area contributed by atoms with Gasteiger partial charge in [-0.1, -0.05) is 27.7 Å². The minimum Gasteiger partial charge on any atom is -0.493 e. The molecule has 11 heteroatoms. The second kappa shape index (κ2) is 17.2. The van der Waals surface area contributed by atoms with Gasteiger partial charge in [0, 0.05) is 57.4 Å². The third-order valence-electron chi connectivity index (χ3n) is 9.25. The number of ether oxygens (including phenoxy) is 4. The van der Waals surface area contributed by atoms with Crippen molar-refractivity contribution in [3.05, 3.63) is 23.3 Å². The summed E-state index contributed by atoms with van der Waals surface area (Å²) in [5, 5.41) is 15.0. The third kappa shape index (κ3) is 11.2. The average molecular weight is 688 g/mol. The number of fused-ring (bicyclic) bond motifs is 1. The first-order valence-corrected chi connectivity index (χ1v) is 18.3. The number of piperidine rings is 1. The number of amides is 3. The molecule has 4 rings (SSSR count). The van der Waals surface area contributed by atoms with Crippen LogP contribution < -0.4 is 14.8 Å². The molecule has 49 heavy (non-hydrogen) atoms. The molecule has 2 heterocycles. The second-order valence-corrected chi connectivity index (χ2v) is 16.0. The predicted octanol–water partition coefficient (Wildman–Crippen LogP) is 5.34. The Morgan fingerprint density at radius 2 is 1.71 bits per heavy atom. The Hall–Kier alpha value is -3.05. The van der Waals surface area contributed by atoms with E-state index in [9.17, 15) is 19.5 Å². The molecule has 2 aliphatic heterocycles. The molecule has 2 N–H and O–H groups in total. The summed E-state index contributed by atoms with van der Waals surface area (Å²) in [5.41, 5.74) is 1.15. The van der Waals surface area contributed by atoms with Crippen LogP contribution in [0, 0.1) is 23.7 Å². The Morgan fingerprint density at radius 3 is 2.33 bits per heavy atom. The molecule has 1 aliphatic carbocycles. The van der Waals surface area contributed by atoms with Crippen molar-refractivity contribution in [1.29, 1.82) is 0 Å². The van der Waals surface area contributed by atoms with Crippen LogP contribution in [0.1, 0.15) is 98.1 Å². The maximum absolute atomic E-state index is 14.5. The SMILES string of the molecule is COCCCOc1cc(CN(C(=O)[C@H]2CN(C(=O)OC(C)(C)C)CC(C(=O)NC(CC(C)C)CC(C)C)[C@H]2O)C2CC2)cc2c1CCCO2. The van der Waals surface area contributed by atoms with Crippen LogP contribution >= 0.6 is 0 Å². The molecule has 0 aromatic heterocycles. The smallest absolute Gasteiger partial charge is 0.410 e. The molecule has 0 spiro atoms. The molecule has 0 radical (unpaired) electrons. The number of hydrogen-bond donors (Lipinski definition) is 2. The molecule has 2 fully saturated rings. The van der Waals surface area contributed by atoms with Gasteiger partial charge in [-0.05, 0) is 88.8 Å². The number of aliphatic hydroxyl groups is 1. The number of carbonyl (C=O) groups is 3. The maximum Gasteiger partial charge on any atom is 0.410 e. The Morgan fingerprint density at radius 1 is 1.04 bits per heavy atom. The van der Waals surface area contributed by atoms with E-state index in [4.69, 9.17) is 18.9 Å². The van der Waals surface area contributed by atoms with Gasteiger partial charge in [0.15, 0.2) is 0 Å². The lowest BCUT2D eigenvalue weighted by Gasteiger charge is -2.42. The molecule has 1 saturated carbocycles. The van der Waals surface area contributed by atoms with Crippen molar-refractivity contribution in [3.8, 4) is 11.5 Å². The molecule has 11 nitrogen and oxygen atoms in total. The van der Waals surface area contributed by atoms with E-state index in [1.54, 1.807) is 32.8 Å². The number of aliphatic hydroxyl groups excluding tert-OH is 1. The van der Waals surface area contributed by atoms with Crippen LogP contribution in [0.25, 0.3) is 0 Å². The highest BCUT2D eigenvalue weighted by atomic mass is 16.6. The third-order valence-corrected chi connectivity index (χ3v) is 9.25. The van der Waals surface area contributed by atoms with Crippen molar-refractivity contribution in [1.82, 2.24) is 15.1 Å². The Bertz CT molecular complexity index is 1260. The largest absolute Gasteiger partial charge is 0.493 e. The average Bonchev–Trinajstić information content (AvgIpc) is 3.85. The number of nitrogens with zero attached hydrogens (tertiary/aromatic N) is 2. The highest BCUT2D eigenvalue weighted by Gasteiger charge is 2.48. The van der Waals surface area contributed by atoms with Gasteiger partial charge in [0.1, 0.15) is 17.1 Å². The zero-order valence-corrected chi connectivity index (χ0v) is 31.1. The Kier molecular flexibility index (Phi) is 13.6. The van der Waals surface area contributed by atoms with E-state index in [2.05, 4.69) is 33.0 Å². The molecular weight excluding hydrogens is 626 g/mol. The van der Waals surface area contributed by atoms with E-state index < -0.39 is 29.6 Å². The highest BCUT2D eigenvalue weighted by molar-refractivity contribution is 5.86. The van der Waals surface area contributed by atoms with Crippen molar-refractivity contribution in [2.45, 2.75) is 124 Å². The summed E-state index contributed by atoms with van der Waals surface area (Å²) in [6.07, 6.45) is 3.94. The van der Waals surface area contributed by atoms with Gasteiger partial charge in [0.2, 0.25) is 11.8 Å². The number of likely N-dealkylation sites (tertiary alicyclic amines) is 1. The van der Waals surface area contributed by atoms with Crippen molar-refractivity contribution in [2.24, 2.45) is 23.7 Å². The molecular formula is C38H61N3O8. The van der Waals surface area contributed by atoms with E-state index in [1.165, 1.54) is 4.90 Å². The molecule has 1 aromatic carbocycles. The topological polar surface area (TPSA) is 127 Å². The number of methoxy groups -OCH3 is 1. The van der Waals surface area contributed by atoms with Crippen LogP contribution in [0.3, 0.4) is 0 Å². The molecule has 0 bridgehead atoms. The van der Waals surface area contributed by atoms with Crippen LogP contribution in [-0.4, -0.2) is 96.6 Å². The summed E-state index contributed by atoms with van der Waals surface area (Å²) < 4.78 is 23.1. The molecule has 1 aromatic rings. The first-order chi connectivity index (χ1) is 23.2. The molecule has 3 atom stereocenters. The monoisotopic (exact) mass is 687 g/mol. The minimum atomic E-state index is -1.27. The van der Waals surface area contributed by atoms with Crippen molar-refractivity contribution in [2.75, 3.05) is 40.0 Å². The van der Waals surface area contributed by atoms with Crippen molar-refractivity contribution in [3.63, 3.8) is 0 Å². The van der Waals surface area contributed by atoms with E-state index in [0.717, 1.165) is 67.6 Å². The summed E-state index contributed by atoms with van der Waals surface area (Å²) in [4.78, 5) is 45.1. The van der Waals surface area contributed by atoms with Gasteiger partial charge in [-0.15, -0.1) is 0 Å². The van der Waals surface area contributed by atoms with Gasteiger partial charge in [-0.25, -0.2) is 4.79 Å². The van der Waals surface area contributed by atoms with Crippen LogP contribution in [-0.2, 0) is 32.0 Å². The molecule has 3 aliphatic rings. The Labute approximate surface area is 293 Å². The zero-order chi connectivity index (χ0) is 35.9. The summed E-state index contributed by atoms with van der Waals surface area (Å²) in [7, 11) is 1.67. The minimum absolute atomic E-state index is 0.00775. The van der Waals surface area contributed by atoms with E-state index in [-0.39, 0.29) is 37.0 Å². The van der Waals surface area contributed by atoms with E-state index in [0.29, 0.717) is 38.2 Å². The van der Waals surface area contributed by atoms with Crippen LogP contribution in [0.5, 0.6) is 11.5 Å². The Balaban J connectivity index is 1.60. The molecule has 1 saturated heterocycles. The van der Waals surface area contributed by atoms with E-state index in [1.807, 2.05) is 12.1 Å². The predicted molar refractivity (Wildman–Crippen MR) is 187 cm³/mol. The van der Waals surface area contributed by atoms with E-state index >= 15 is 0 Å². The normalized spacial score (nSPS) is 21.0. The maximum atomic E-state index is 14.5. The van der Waals surface area contributed by atoms with Gasteiger partial charge in [0.05, 0.1) is 31.2 Å². The highest BCUT2D eigenvalue weighted by Crippen LogP contribution is 2.38. The summed E-state index contributed by atoms with van der Waals surface area (Å²) in [6.45, 7) is 15.8. The number of rotatable bonds is 15. The second-order valence-electron chi connectivity index (χ2n) is 16.0. The summed E-state index contributed by atoms with van der Waals surface area (Å²) in [5.74, 6) is -0.332. The van der Waals surface area contributed by atoms with Gasteiger partial charge in [-0.2, -0.15) is 0 Å². The first-order valence-electron chi connectivity index (χ1n) is 18.3. The number of hydrogen-bond acceptors (Lipinski definition) is 8. The van der Waals surface area contributed by atoms with Crippen LogP contribution in [0.2, 0.25) is 0 Å². The lowest BCUT2D eigenvalue weighted by molar-refractivity contribution is -0.150. The molecule has 3 amide bonds. The molecule has 276 valence electrons. The van der Waals surface area contributed by atoms with Gasteiger partial charge >= 0.3 is 6.09 Å². The molecule has 1 unspecified atom stereocenters. The van der Waals surface area contributed by atoms with Crippen molar-refractivity contribution < 1.29 is 38.4 Å². The lowest BCUT2D eigenvalue weighted by atomic mass is 9.83. The summed E-state index contributed by atoms with van der Waals surface area (Å²) >= 11 is 0. The van der Waals surface area contributed by atoms with Crippen LogP contribution in [0.15, 0.2) is 12.1 Å². The van der Waals surface area contributed by atoms with Crippen LogP contribution in [0.4, 0.5) is 4.79 Å².